The second kappa shape index (κ2) is 7.80. The summed E-state index contributed by atoms with van der Waals surface area (Å²) in [5.74, 6) is 0.950. The number of carbonyl (C=O) groups excluding carboxylic acids is 1. The van der Waals surface area contributed by atoms with Gasteiger partial charge in [0.2, 0.25) is 5.91 Å². The van der Waals surface area contributed by atoms with Gasteiger partial charge in [0.15, 0.2) is 5.82 Å². The first-order valence-electron chi connectivity index (χ1n) is 8.77. The summed E-state index contributed by atoms with van der Waals surface area (Å²) < 4.78 is 5.04. The lowest BCUT2D eigenvalue weighted by molar-refractivity contribution is -0.122. The fourth-order valence-corrected chi connectivity index (χ4v) is 3.59. The molecule has 1 aromatic carbocycles. The van der Waals surface area contributed by atoms with Gasteiger partial charge in [-0.15, -0.1) is 0 Å². The predicted molar refractivity (Wildman–Crippen MR) is 95.1 cm³/mol. The first-order chi connectivity index (χ1) is 12.0. The lowest BCUT2D eigenvalue weighted by Gasteiger charge is -2.33. The van der Waals surface area contributed by atoms with Crippen molar-refractivity contribution in [2.75, 3.05) is 11.9 Å². The summed E-state index contributed by atoms with van der Waals surface area (Å²) in [6.07, 6.45) is 2.30. The van der Waals surface area contributed by atoms with Gasteiger partial charge in [-0.25, -0.2) is 0 Å². The van der Waals surface area contributed by atoms with Crippen LogP contribution >= 0.6 is 0 Å². The first kappa shape index (κ1) is 17.6. The largest absolute Gasteiger partial charge is 0.393 e. The Balaban J connectivity index is 1.86. The number of benzene rings is 1. The third kappa shape index (κ3) is 4.27. The zero-order chi connectivity index (χ0) is 17.8. The van der Waals surface area contributed by atoms with E-state index in [1.807, 2.05) is 30.3 Å². The smallest absolute Gasteiger partial charge is 0.247 e. The highest BCUT2D eigenvalue weighted by atomic mass is 16.5. The van der Waals surface area contributed by atoms with Crippen molar-refractivity contribution >= 4 is 11.7 Å². The van der Waals surface area contributed by atoms with Gasteiger partial charge in [-0.1, -0.05) is 35.5 Å². The van der Waals surface area contributed by atoms with E-state index in [1.165, 1.54) is 0 Å². The average Bonchev–Trinajstić information content (AvgIpc) is 3.18. The van der Waals surface area contributed by atoms with Crippen LogP contribution in [0.1, 0.15) is 43.6 Å². The molecular formula is C19H25N3O3. The molecule has 1 saturated heterocycles. The molecule has 0 bridgehead atoms. The van der Waals surface area contributed by atoms with E-state index in [1.54, 1.807) is 19.9 Å². The Kier molecular flexibility index (Phi) is 5.50. The average molecular weight is 343 g/mol. The Morgan fingerprint density at radius 1 is 1.44 bits per heavy atom. The number of hydrogen-bond donors (Lipinski definition) is 2. The fourth-order valence-electron chi connectivity index (χ4n) is 3.59. The number of amides is 1. The van der Waals surface area contributed by atoms with Crippen molar-refractivity contribution in [1.29, 1.82) is 0 Å². The second-order valence-corrected chi connectivity index (χ2v) is 6.74. The number of aromatic nitrogens is 1. The highest BCUT2D eigenvalue weighted by Gasteiger charge is 2.36. The van der Waals surface area contributed by atoms with Crippen LogP contribution in [-0.2, 0) is 4.79 Å². The number of likely N-dealkylation sites (tertiary alicyclic amines) is 1. The van der Waals surface area contributed by atoms with Gasteiger partial charge in [0.05, 0.1) is 6.10 Å². The van der Waals surface area contributed by atoms with E-state index in [2.05, 4.69) is 15.4 Å². The molecule has 3 unspecified atom stereocenters. The Hall–Kier alpha value is -2.18. The number of carbonyl (C=O) groups is 1. The summed E-state index contributed by atoms with van der Waals surface area (Å²) in [6, 6.07) is 11.2. The molecule has 1 amide bonds. The molecule has 1 aromatic heterocycles. The van der Waals surface area contributed by atoms with Gasteiger partial charge >= 0.3 is 0 Å². The van der Waals surface area contributed by atoms with Crippen molar-refractivity contribution < 1.29 is 14.4 Å². The Morgan fingerprint density at radius 3 is 2.84 bits per heavy atom. The van der Waals surface area contributed by atoms with Crippen LogP contribution in [0.3, 0.4) is 0 Å². The number of nitrogens with zero attached hydrogens (tertiary/aromatic N) is 2. The van der Waals surface area contributed by atoms with E-state index in [9.17, 15) is 9.90 Å². The first-order valence-corrected chi connectivity index (χ1v) is 8.77. The second-order valence-electron chi connectivity index (χ2n) is 6.74. The van der Waals surface area contributed by atoms with Crippen LogP contribution in [0.4, 0.5) is 5.82 Å². The van der Waals surface area contributed by atoms with E-state index in [0.717, 1.165) is 24.9 Å². The van der Waals surface area contributed by atoms with E-state index < -0.39 is 6.04 Å². The molecule has 0 radical (unpaired) electrons. The summed E-state index contributed by atoms with van der Waals surface area (Å²) >= 11 is 0. The molecule has 25 heavy (non-hydrogen) atoms. The molecule has 0 spiro atoms. The molecular weight excluding hydrogens is 318 g/mol. The summed E-state index contributed by atoms with van der Waals surface area (Å²) in [5, 5.41) is 16.5. The summed E-state index contributed by atoms with van der Waals surface area (Å²) in [7, 11) is 0. The minimum absolute atomic E-state index is 0.128. The molecule has 134 valence electrons. The summed E-state index contributed by atoms with van der Waals surface area (Å²) in [5.41, 5.74) is 0.942. The van der Waals surface area contributed by atoms with Gasteiger partial charge in [-0.3, -0.25) is 9.69 Å². The number of nitrogens with one attached hydrogen (secondary N) is 1. The van der Waals surface area contributed by atoms with Crippen molar-refractivity contribution in [2.24, 2.45) is 0 Å². The van der Waals surface area contributed by atoms with Crippen LogP contribution in [0.25, 0.3) is 0 Å². The summed E-state index contributed by atoms with van der Waals surface area (Å²) in [6.45, 7) is 4.42. The highest BCUT2D eigenvalue weighted by Crippen LogP contribution is 2.32. The standard InChI is InChI=1S/C19H25N3O3/c1-13(23)11-16-9-6-10-22(16)18(15-7-4-3-5-8-15)19(24)20-17-12-14(2)25-21-17/h3-5,7-8,12-13,16,18,23H,6,9-11H2,1-2H3,(H,20,21,24). The molecule has 2 heterocycles. The van der Waals surface area contributed by atoms with E-state index >= 15 is 0 Å². The number of aliphatic hydroxyl groups excluding tert-OH is 1. The van der Waals surface area contributed by atoms with Crippen LogP contribution < -0.4 is 5.32 Å². The SMILES string of the molecule is Cc1cc(NC(=O)C(c2ccccc2)N2CCCC2CC(C)O)no1. The molecule has 1 aliphatic rings. The molecule has 0 aliphatic carbocycles. The normalized spacial score (nSPS) is 20.4. The van der Waals surface area contributed by atoms with E-state index in [0.29, 0.717) is 18.0 Å². The molecule has 2 N–H and O–H groups in total. The van der Waals surface area contributed by atoms with Gasteiger partial charge in [-0.2, -0.15) is 0 Å². The summed E-state index contributed by atoms with van der Waals surface area (Å²) in [4.78, 5) is 15.2. The van der Waals surface area contributed by atoms with Crippen LogP contribution in [0.15, 0.2) is 40.9 Å². The fraction of sp³-hybridized carbons (Fsp3) is 0.474. The molecule has 0 saturated carbocycles. The van der Waals surface area contributed by atoms with Crippen LogP contribution in [0.5, 0.6) is 0 Å². The van der Waals surface area contributed by atoms with Crippen molar-refractivity contribution in [1.82, 2.24) is 10.1 Å². The molecule has 1 fully saturated rings. The Morgan fingerprint density at radius 2 is 2.20 bits per heavy atom. The topological polar surface area (TPSA) is 78.6 Å². The number of hydrogen-bond acceptors (Lipinski definition) is 5. The molecule has 3 atom stereocenters. The van der Waals surface area contributed by atoms with Crippen molar-refractivity contribution in [3.05, 3.63) is 47.7 Å². The van der Waals surface area contributed by atoms with Crippen LogP contribution in [0, 0.1) is 6.92 Å². The molecule has 1 aliphatic heterocycles. The highest BCUT2D eigenvalue weighted by molar-refractivity contribution is 5.94. The third-order valence-electron chi connectivity index (χ3n) is 4.61. The number of aryl methyl sites for hydroxylation is 1. The zero-order valence-electron chi connectivity index (χ0n) is 14.7. The maximum Gasteiger partial charge on any atom is 0.247 e. The van der Waals surface area contributed by atoms with E-state index in [-0.39, 0.29) is 18.1 Å². The Labute approximate surface area is 147 Å². The minimum Gasteiger partial charge on any atom is -0.393 e. The Bertz CT molecular complexity index is 699. The maximum atomic E-state index is 13.0. The van der Waals surface area contributed by atoms with E-state index in [4.69, 9.17) is 4.52 Å². The van der Waals surface area contributed by atoms with Gasteiger partial charge in [0.25, 0.3) is 0 Å². The van der Waals surface area contributed by atoms with Crippen molar-refractivity contribution in [3.63, 3.8) is 0 Å². The van der Waals surface area contributed by atoms with Crippen molar-refractivity contribution in [2.45, 2.75) is 51.3 Å². The molecule has 3 rings (SSSR count). The lowest BCUT2D eigenvalue weighted by atomic mass is 10.0. The molecule has 6 heteroatoms. The van der Waals surface area contributed by atoms with Gasteiger partial charge < -0.3 is 14.9 Å². The number of rotatable bonds is 6. The predicted octanol–water partition coefficient (Wildman–Crippen LogP) is 2.90. The monoisotopic (exact) mass is 343 g/mol. The van der Waals surface area contributed by atoms with Gasteiger partial charge in [0, 0.05) is 12.1 Å². The van der Waals surface area contributed by atoms with Crippen LogP contribution in [0.2, 0.25) is 0 Å². The van der Waals surface area contributed by atoms with Gasteiger partial charge in [-0.05, 0) is 45.2 Å². The zero-order valence-corrected chi connectivity index (χ0v) is 14.7. The molecule has 2 aromatic rings. The lowest BCUT2D eigenvalue weighted by Crippen LogP contribution is -2.41. The maximum absolute atomic E-state index is 13.0. The quantitative estimate of drug-likeness (QED) is 0.843. The van der Waals surface area contributed by atoms with Crippen molar-refractivity contribution in [3.8, 4) is 0 Å². The van der Waals surface area contributed by atoms with Gasteiger partial charge in [0.1, 0.15) is 11.8 Å². The third-order valence-corrected chi connectivity index (χ3v) is 4.61. The number of aliphatic hydroxyl groups is 1. The minimum atomic E-state index is -0.413. The molecule has 6 nitrogen and oxygen atoms in total. The number of anilines is 1. The van der Waals surface area contributed by atoms with Crippen LogP contribution in [-0.4, -0.2) is 39.8 Å².